The van der Waals surface area contributed by atoms with Crippen molar-refractivity contribution < 1.29 is 14.3 Å². The smallest absolute Gasteiger partial charge is 0.328 e. The van der Waals surface area contributed by atoms with Crippen molar-refractivity contribution in [2.75, 3.05) is 26.7 Å². The van der Waals surface area contributed by atoms with Crippen molar-refractivity contribution in [1.82, 2.24) is 9.80 Å². The molecule has 1 unspecified atom stereocenters. The minimum absolute atomic E-state index is 0.0154. The average molecular weight is 268 g/mol. The molecule has 19 heavy (non-hydrogen) atoms. The number of carbonyl (C=O) groups is 2. The highest BCUT2D eigenvalue weighted by Crippen LogP contribution is 2.23. The summed E-state index contributed by atoms with van der Waals surface area (Å²) in [6.45, 7) is 4.47. The zero-order chi connectivity index (χ0) is 13.8. The number of urea groups is 1. The largest absolute Gasteiger partial charge is 0.467 e. The number of methoxy groups -OCH3 is 1. The molecule has 2 atom stereocenters. The van der Waals surface area contributed by atoms with Crippen LogP contribution in [0.15, 0.2) is 0 Å². The summed E-state index contributed by atoms with van der Waals surface area (Å²) in [5.74, 6) is 0.275. The predicted octanol–water partition coefficient (Wildman–Crippen LogP) is 1.87. The summed E-state index contributed by atoms with van der Waals surface area (Å²) in [4.78, 5) is 28.0. The van der Waals surface area contributed by atoms with Crippen LogP contribution < -0.4 is 0 Å². The molecule has 0 saturated carbocycles. The second-order valence-electron chi connectivity index (χ2n) is 5.70. The molecule has 0 N–H and O–H groups in total. The summed E-state index contributed by atoms with van der Waals surface area (Å²) < 4.78 is 4.83. The minimum Gasteiger partial charge on any atom is -0.467 e. The van der Waals surface area contributed by atoms with Crippen molar-refractivity contribution in [3.05, 3.63) is 0 Å². The number of ether oxygens (including phenoxy) is 1. The van der Waals surface area contributed by atoms with Crippen LogP contribution in [0.25, 0.3) is 0 Å². The first-order chi connectivity index (χ1) is 9.13. The Hall–Kier alpha value is -1.26. The van der Waals surface area contributed by atoms with Gasteiger partial charge in [0.15, 0.2) is 0 Å². The fourth-order valence-corrected chi connectivity index (χ4v) is 3.09. The van der Waals surface area contributed by atoms with Crippen LogP contribution in [-0.2, 0) is 9.53 Å². The molecule has 0 spiro atoms. The standard InChI is InChI=1S/C14H24N2O3/c1-11-6-5-8-15(10-11)14(18)16-9-4-3-7-12(16)13(17)19-2/h11-12H,3-10H2,1-2H3/t11?,12-/m1/s1. The van der Waals surface area contributed by atoms with Gasteiger partial charge in [0.25, 0.3) is 0 Å². The molecule has 0 bridgehead atoms. The van der Waals surface area contributed by atoms with Gasteiger partial charge < -0.3 is 14.5 Å². The highest BCUT2D eigenvalue weighted by atomic mass is 16.5. The maximum Gasteiger partial charge on any atom is 0.328 e. The molecule has 2 aliphatic rings. The number of hydrogen-bond donors (Lipinski definition) is 0. The van der Waals surface area contributed by atoms with Gasteiger partial charge in [-0.1, -0.05) is 6.92 Å². The highest BCUT2D eigenvalue weighted by Gasteiger charge is 2.35. The van der Waals surface area contributed by atoms with Gasteiger partial charge in [-0.15, -0.1) is 0 Å². The van der Waals surface area contributed by atoms with Crippen LogP contribution in [0.3, 0.4) is 0 Å². The summed E-state index contributed by atoms with van der Waals surface area (Å²) in [7, 11) is 1.39. The second-order valence-corrected chi connectivity index (χ2v) is 5.70. The second kappa shape index (κ2) is 6.26. The lowest BCUT2D eigenvalue weighted by Crippen LogP contribution is -2.55. The number of carbonyl (C=O) groups excluding carboxylic acids is 2. The molecule has 5 heteroatoms. The summed E-state index contributed by atoms with van der Waals surface area (Å²) in [6, 6.07) is -0.370. The van der Waals surface area contributed by atoms with Crippen molar-refractivity contribution in [1.29, 1.82) is 0 Å². The normalized spacial score (nSPS) is 28.1. The van der Waals surface area contributed by atoms with E-state index in [1.54, 1.807) is 4.90 Å². The van der Waals surface area contributed by atoms with E-state index in [0.29, 0.717) is 12.5 Å². The molecule has 0 aliphatic carbocycles. The lowest BCUT2D eigenvalue weighted by Gasteiger charge is -2.40. The third-order valence-corrected chi connectivity index (χ3v) is 4.15. The molecule has 2 saturated heterocycles. The van der Waals surface area contributed by atoms with Gasteiger partial charge in [-0.3, -0.25) is 0 Å². The molecule has 5 nitrogen and oxygen atoms in total. The van der Waals surface area contributed by atoms with Gasteiger partial charge in [-0.05, 0) is 38.0 Å². The number of amides is 2. The Morgan fingerprint density at radius 1 is 1.11 bits per heavy atom. The molecule has 0 aromatic heterocycles. The zero-order valence-electron chi connectivity index (χ0n) is 11.9. The maximum absolute atomic E-state index is 12.6. The van der Waals surface area contributed by atoms with Crippen molar-refractivity contribution in [3.8, 4) is 0 Å². The van der Waals surface area contributed by atoms with Gasteiger partial charge in [-0.25, -0.2) is 9.59 Å². The van der Waals surface area contributed by atoms with E-state index in [1.165, 1.54) is 13.5 Å². The Morgan fingerprint density at radius 3 is 2.58 bits per heavy atom. The quantitative estimate of drug-likeness (QED) is 0.682. The molecular formula is C14H24N2O3. The first kappa shape index (κ1) is 14.2. The number of likely N-dealkylation sites (tertiary alicyclic amines) is 2. The van der Waals surface area contributed by atoms with E-state index in [0.717, 1.165) is 38.8 Å². The van der Waals surface area contributed by atoms with Gasteiger partial charge in [0, 0.05) is 19.6 Å². The number of nitrogens with zero attached hydrogens (tertiary/aromatic N) is 2. The van der Waals surface area contributed by atoms with Crippen molar-refractivity contribution >= 4 is 12.0 Å². The van der Waals surface area contributed by atoms with Crippen molar-refractivity contribution in [2.24, 2.45) is 5.92 Å². The van der Waals surface area contributed by atoms with Crippen LogP contribution in [-0.4, -0.2) is 54.6 Å². The molecule has 0 radical (unpaired) electrons. The van der Waals surface area contributed by atoms with Crippen molar-refractivity contribution in [3.63, 3.8) is 0 Å². The van der Waals surface area contributed by atoms with Crippen LogP contribution in [0.2, 0.25) is 0 Å². The molecule has 0 aromatic carbocycles. The topological polar surface area (TPSA) is 49.9 Å². The van der Waals surface area contributed by atoms with Gasteiger partial charge in [0.2, 0.25) is 0 Å². The van der Waals surface area contributed by atoms with E-state index in [-0.39, 0.29) is 18.0 Å². The van der Waals surface area contributed by atoms with Crippen LogP contribution >= 0.6 is 0 Å². The molecule has 2 aliphatic heterocycles. The van der Waals surface area contributed by atoms with Crippen LogP contribution in [0.4, 0.5) is 4.79 Å². The highest BCUT2D eigenvalue weighted by molar-refractivity contribution is 5.84. The van der Waals surface area contributed by atoms with E-state index in [9.17, 15) is 9.59 Å². The minimum atomic E-state index is -0.386. The fourth-order valence-electron chi connectivity index (χ4n) is 3.09. The molecular weight excluding hydrogens is 244 g/mol. The third-order valence-electron chi connectivity index (χ3n) is 4.15. The summed E-state index contributed by atoms with van der Waals surface area (Å²) in [6.07, 6.45) is 4.93. The summed E-state index contributed by atoms with van der Waals surface area (Å²) in [5, 5.41) is 0. The third kappa shape index (κ3) is 3.19. The maximum atomic E-state index is 12.6. The van der Waals surface area contributed by atoms with Gasteiger partial charge in [0.05, 0.1) is 7.11 Å². The Morgan fingerprint density at radius 2 is 1.89 bits per heavy atom. The summed E-state index contributed by atoms with van der Waals surface area (Å²) in [5.41, 5.74) is 0. The number of rotatable bonds is 1. The Bertz CT molecular complexity index is 346. The Kier molecular flexibility index (Phi) is 4.66. The van der Waals surface area contributed by atoms with E-state index in [2.05, 4.69) is 6.92 Å². The SMILES string of the molecule is COC(=O)[C@H]1CCCCN1C(=O)N1CCCC(C)C1. The van der Waals surface area contributed by atoms with E-state index in [4.69, 9.17) is 4.74 Å². The lowest BCUT2D eigenvalue weighted by atomic mass is 9.99. The van der Waals surface area contributed by atoms with Gasteiger partial charge >= 0.3 is 12.0 Å². The number of piperidine rings is 2. The first-order valence-corrected chi connectivity index (χ1v) is 7.27. The predicted molar refractivity (Wildman–Crippen MR) is 71.7 cm³/mol. The molecule has 2 heterocycles. The lowest BCUT2D eigenvalue weighted by molar-refractivity contribution is -0.147. The average Bonchev–Trinajstić information content (AvgIpc) is 2.45. The van der Waals surface area contributed by atoms with Gasteiger partial charge in [-0.2, -0.15) is 0 Å². The van der Waals surface area contributed by atoms with E-state index < -0.39 is 0 Å². The van der Waals surface area contributed by atoms with Crippen LogP contribution in [0.5, 0.6) is 0 Å². The van der Waals surface area contributed by atoms with Crippen LogP contribution in [0.1, 0.15) is 39.0 Å². The van der Waals surface area contributed by atoms with E-state index in [1.807, 2.05) is 4.90 Å². The monoisotopic (exact) mass is 268 g/mol. The number of esters is 1. The van der Waals surface area contributed by atoms with Crippen LogP contribution in [0, 0.1) is 5.92 Å². The van der Waals surface area contributed by atoms with Gasteiger partial charge in [0.1, 0.15) is 6.04 Å². The van der Waals surface area contributed by atoms with Crippen molar-refractivity contribution in [2.45, 2.75) is 45.1 Å². The molecule has 0 aromatic rings. The molecule has 2 fully saturated rings. The fraction of sp³-hybridized carbons (Fsp3) is 0.857. The number of hydrogen-bond acceptors (Lipinski definition) is 3. The molecule has 2 amide bonds. The molecule has 2 rings (SSSR count). The zero-order valence-corrected chi connectivity index (χ0v) is 11.9. The van der Waals surface area contributed by atoms with E-state index >= 15 is 0 Å². The first-order valence-electron chi connectivity index (χ1n) is 7.27. The Labute approximate surface area is 114 Å². The Balaban J connectivity index is 2.04. The molecule has 108 valence electrons. The summed E-state index contributed by atoms with van der Waals surface area (Å²) >= 11 is 0.